The van der Waals surface area contributed by atoms with Gasteiger partial charge in [-0.15, -0.1) is 0 Å². The van der Waals surface area contributed by atoms with Gasteiger partial charge < -0.3 is 53.6 Å². The first-order valence-electron chi connectivity index (χ1n) is 13.4. The van der Waals surface area contributed by atoms with E-state index in [1.165, 1.54) is 24.3 Å². The van der Waals surface area contributed by atoms with Crippen molar-refractivity contribution in [2.24, 2.45) is 28.1 Å². The van der Waals surface area contributed by atoms with Crippen molar-refractivity contribution in [2.45, 2.75) is 69.9 Å². The molecule has 0 aliphatic carbocycles. The van der Waals surface area contributed by atoms with Crippen LogP contribution in [0, 0.1) is 5.92 Å². The summed E-state index contributed by atoms with van der Waals surface area (Å²) in [6.07, 6.45) is -5.55. The molecule has 13 N–H and O–H groups in total. The Morgan fingerprint density at radius 3 is 1.83 bits per heavy atom. The molecule has 258 valence electrons. The predicted molar refractivity (Wildman–Crippen MR) is 154 cm³/mol. The highest BCUT2D eigenvalue weighted by Gasteiger charge is 2.38. The molecule has 46 heavy (non-hydrogen) atoms. The highest BCUT2D eigenvalue weighted by atomic mass is 19.4. The smallest absolute Gasteiger partial charge is 0.490 e. The number of aromatic hydroxyl groups is 1. The van der Waals surface area contributed by atoms with Crippen molar-refractivity contribution in [3.05, 3.63) is 29.8 Å². The van der Waals surface area contributed by atoms with Gasteiger partial charge in [0.1, 0.15) is 23.9 Å². The number of rotatable bonds is 16. The highest BCUT2D eigenvalue weighted by molar-refractivity contribution is 5.94. The maximum absolute atomic E-state index is 13.1. The normalized spacial score (nSPS) is 13.5. The van der Waals surface area contributed by atoms with Gasteiger partial charge in [0.2, 0.25) is 17.7 Å². The summed E-state index contributed by atoms with van der Waals surface area (Å²) >= 11 is 0. The van der Waals surface area contributed by atoms with Gasteiger partial charge in [0, 0.05) is 13.0 Å². The van der Waals surface area contributed by atoms with Crippen molar-refractivity contribution in [2.75, 3.05) is 6.54 Å². The molecule has 0 heterocycles. The summed E-state index contributed by atoms with van der Waals surface area (Å²) in [5.74, 6) is -8.43. The summed E-state index contributed by atoms with van der Waals surface area (Å²) in [7, 11) is 0. The Morgan fingerprint density at radius 2 is 1.39 bits per heavy atom. The number of carbonyl (C=O) groups is 6. The molecule has 0 aliphatic rings. The van der Waals surface area contributed by atoms with E-state index in [1.807, 2.05) is 0 Å². The maximum atomic E-state index is 13.1. The number of phenolic OH excluding ortho intramolecular Hbond substituents is 1. The number of nitrogens with zero attached hydrogens (tertiary/aromatic N) is 1. The molecule has 0 spiro atoms. The average Bonchev–Trinajstić information content (AvgIpc) is 2.92. The van der Waals surface area contributed by atoms with E-state index in [9.17, 15) is 47.4 Å². The van der Waals surface area contributed by atoms with Crippen LogP contribution in [0.5, 0.6) is 5.75 Å². The molecule has 17 nitrogen and oxygen atoms in total. The first kappa shape index (κ1) is 40.9. The Hall–Kier alpha value is -5.14. The number of carbonyl (C=O) groups excluding carboxylic acids is 3. The van der Waals surface area contributed by atoms with Crippen molar-refractivity contribution >= 4 is 41.6 Å². The minimum absolute atomic E-state index is 0.00102. The van der Waals surface area contributed by atoms with E-state index in [1.54, 1.807) is 13.8 Å². The monoisotopic (exact) mass is 665 g/mol. The molecule has 0 saturated heterocycles. The minimum Gasteiger partial charge on any atom is -0.508 e. The van der Waals surface area contributed by atoms with Crippen LogP contribution in [0.15, 0.2) is 29.3 Å². The Labute approximate surface area is 260 Å². The van der Waals surface area contributed by atoms with Crippen LogP contribution in [0.25, 0.3) is 0 Å². The number of alkyl halides is 3. The summed E-state index contributed by atoms with van der Waals surface area (Å²) in [5, 5.41) is 42.4. The number of nitrogens with two attached hydrogens (primary N) is 3. The summed E-state index contributed by atoms with van der Waals surface area (Å²) < 4.78 is 31.7. The van der Waals surface area contributed by atoms with E-state index in [4.69, 9.17) is 32.2 Å². The van der Waals surface area contributed by atoms with Crippen molar-refractivity contribution in [3.63, 3.8) is 0 Å². The van der Waals surface area contributed by atoms with E-state index < -0.39 is 78.3 Å². The lowest BCUT2D eigenvalue weighted by Crippen LogP contribution is -2.58. The fourth-order valence-electron chi connectivity index (χ4n) is 3.45. The summed E-state index contributed by atoms with van der Waals surface area (Å²) in [6.45, 7) is 3.40. The molecular formula is C26H38F3N7O10. The molecule has 0 aromatic heterocycles. The van der Waals surface area contributed by atoms with Gasteiger partial charge in [-0.3, -0.25) is 24.2 Å². The molecule has 0 bridgehead atoms. The number of carboxylic acid groups (broad SMARTS) is 3. The van der Waals surface area contributed by atoms with Gasteiger partial charge >= 0.3 is 24.1 Å². The van der Waals surface area contributed by atoms with Gasteiger partial charge in [-0.1, -0.05) is 26.0 Å². The van der Waals surface area contributed by atoms with Crippen LogP contribution in [0.2, 0.25) is 0 Å². The first-order valence-corrected chi connectivity index (χ1v) is 13.4. The van der Waals surface area contributed by atoms with Crippen molar-refractivity contribution < 1.29 is 62.4 Å². The van der Waals surface area contributed by atoms with Crippen molar-refractivity contribution in [1.82, 2.24) is 16.0 Å². The Kier molecular flexibility index (Phi) is 17.1. The zero-order valence-electron chi connectivity index (χ0n) is 24.8. The lowest BCUT2D eigenvalue weighted by molar-refractivity contribution is -0.192. The third-order valence-corrected chi connectivity index (χ3v) is 5.79. The molecule has 0 radical (unpaired) electrons. The van der Waals surface area contributed by atoms with E-state index in [2.05, 4.69) is 20.9 Å². The van der Waals surface area contributed by atoms with E-state index in [0.29, 0.717) is 5.56 Å². The van der Waals surface area contributed by atoms with Crippen LogP contribution < -0.4 is 33.2 Å². The summed E-state index contributed by atoms with van der Waals surface area (Å²) in [6, 6.07) is 0.666. The average molecular weight is 666 g/mol. The SMILES string of the molecule is CC(C)[C@H](NC(=O)[C@H](CCCN=C(N)N)NC(=O)[C@@H](N)CC(=O)O)C(=O)N[C@@H](Cc1ccc(O)cc1)C(=O)O.O=C(O)C(F)(F)F. The fraction of sp³-hybridized carbons (Fsp3) is 0.500. The van der Waals surface area contributed by atoms with Gasteiger partial charge in [0.05, 0.1) is 12.5 Å². The third kappa shape index (κ3) is 16.6. The van der Waals surface area contributed by atoms with Gasteiger partial charge in [-0.25, -0.2) is 9.59 Å². The minimum atomic E-state index is -5.08. The summed E-state index contributed by atoms with van der Waals surface area (Å²) in [5.41, 5.74) is 16.7. The number of carboxylic acids is 3. The predicted octanol–water partition coefficient (Wildman–Crippen LogP) is -1.38. The fourth-order valence-corrected chi connectivity index (χ4v) is 3.45. The van der Waals surface area contributed by atoms with Crippen LogP contribution in [0.4, 0.5) is 13.2 Å². The number of aliphatic imine (C=N–C) groups is 1. The second kappa shape index (κ2) is 19.3. The Morgan fingerprint density at radius 1 is 0.870 bits per heavy atom. The summed E-state index contributed by atoms with van der Waals surface area (Å²) in [4.78, 5) is 74.0. The van der Waals surface area contributed by atoms with Gasteiger partial charge in [0.25, 0.3) is 0 Å². The quantitative estimate of drug-likeness (QED) is 0.0554. The number of hydrogen-bond donors (Lipinski definition) is 10. The highest BCUT2D eigenvalue weighted by Crippen LogP contribution is 2.14. The lowest BCUT2D eigenvalue weighted by atomic mass is 10.00. The number of aliphatic carboxylic acids is 3. The standard InChI is InChI=1S/C24H37N7O8.C2HF3O2/c1-12(2)19(22(37)30-17(23(38)39)10-13-5-7-14(32)8-6-13)31-21(36)16(4-3-9-28-24(26)27)29-20(35)15(25)11-18(33)34;3-2(4,5)1(6)7/h5-8,12,15-17,19,32H,3-4,9-11,25H2,1-2H3,(H,29,35)(H,30,37)(H,31,36)(H,33,34)(H,38,39)(H4,26,27,28);(H,6,7)/t15-,16-,17-,19-;/m0./s1. The Balaban J connectivity index is 0.00000258. The first-order chi connectivity index (χ1) is 21.1. The molecule has 4 atom stereocenters. The molecule has 1 aromatic carbocycles. The molecule has 3 amide bonds. The molecule has 0 saturated carbocycles. The van der Waals surface area contributed by atoms with Gasteiger partial charge in [-0.2, -0.15) is 13.2 Å². The number of amides is 3. The van der Waals surface area contributed by atoms with Crippen LogP contribution >= 0.6 is 0 Å². The molecule has 0 fully saturated rings. The molecular weight excluding hydrogens is 627 g/mol. The molecule has 0 aliphatic heterocycles. The van der Waals surface area contributed by atoms with Crippen LogP contribution in [-0.4, -0.2) is 98.9 Å². The molecule has 20 heteroatoms. The molecule has 1 rings (SSSR count). The molecule has 1 aromatic rings. The van der Waals surface area contributed by atoms with Gasteiger partial charge in [0.15, 0.2) is 5.96 Å². The number of phenols is 1. The number of hydrogen-bond acceptors (Lipinski definition) is 9. The number of guanidine groups is 1. The van der Waals surface area contributed by atoms with Crippen LogP contribution in [-0.2, 0) is 35.2 Å². The second-order valence-corrected chi connectivity index (χ2v) is 10.0. The number of nitrogens with one attached hydrogen (secondary N) is 3. The zero-order valence-corrected chi connectivity index (χ0v) is 24.8. The second-order valence-electron chi connectivity index (χ2n) is 10.0. The molecule has 0 unspecified atom stereocenters. The topological polar surface area (TPSA) is 310 Å². The largest absolute Gasteiger partial charge is 0.508 e. The van der Waals surface area contributed by atoms with Crippen LogP contribution in [0.1, 0.15) is 38.7 Å². The van der Waals surface area contributed by atoms with Crippen LogP contribution in [0.3, 0.4) is 0 Å². The number of benzene rings is 1. The zero-order chi connectivity index (χ0) is 35.8. The van der Waals surface area contributed by atoms with Crippen molar-refractivity contribution in [3.8, 4) is 5.75 Å². The third-order valence-electron chi connectivity index (χ3n) is 5.79. The lowest BCUT2D eigenvalue weighted by Gasteiger charge is -2.27. The van der Waals surface area contributed by atoms with E-state index in [-0.39, 0.29) is 37.5 Å². The van der Waals surface area contributed by atoms with Crippen molar-refractivity contribution in [1.29, 1.82) is 0 Å². The number of halogens is 3. The maximum Gasteiger partial charge on any atom is 0.490 e. The van der Waals surface area contributed by atoms with Gasteiger partial charge in [-0.05, 0) is 36.5 Å². The Bertz CT molecular complexity index is 1240. The van der Waals surface area contributed by atoms with E-state index in [0.717, 1.165) is 0 Å². The van der Waals surface area contributed by atoms with E-state index >= 15 is 0 Å².